The van der Waals surface area contributed by atoms with E-state index in [1.165, 1.54) is 0 Å². The van der Waals surface area contributed by atoms with Crippen LogP contribution in [-0.4, -0.2) is 78.7 Å². The van der Waals surface area contributed by atoms with Crippen LogP contribution in [0.1, 0.15) is 6.42 Å². The molecule has 92 valence electrons. The van der Waals surface area contributed by atoms with Gasteiger partial charge in [-0.05, 0) is 20.5 Å². The second kappa shape index (κ2) is 4.94. The number of likely N-dealkylation sites (N-methyl/N-ethyl adjacent to an activating group) is 2. The standard InChI is InChI=1S/C11H21N3OS/c1-12-3-5-14(6-4-12)11(15)10-7-9(16)8-13(10)2/h9-10,16H,3-8H2,1-2H3/t9-,10-/m0/s1. The third-order valence-electron chi connectivity index (χ3n) is 3.63. The lowest BCUT2D eigenvalue weighted by Gasteiger charge is -2.35. The van der Waals surface area contributed by atoms with Gasteiger partial charge in [-0.2, -0.15) is 12.6 Å². The fourth-order valence-electron chi connectivity index (χ4n) is 2.50. The van der Waals surface area contributed by atoms with Gasteiger partial charge in [0.05, 0.1) is 6.04 Å². The van der Waals surface area contributed by atoms with Crippen molar-refractivity contribution < 1.29 is 4.79 Å². The van der Waals surface area contributed by atoms with Crippen LogP contribution < -0.4 is 0 Å². The molecule has 0 bridgehead atoms. The first kappa shape index (κ1) is 12.2. The number of hydrogen-bond acceptors (Lipinski definition) is 4. The fraction of sp³-hybridized carbons (Fsp3) is 0.909. The Labute approximate surface area is 103 Å². The monoisotopic (exact) mass is 243 g/mol. The molecule has 0 spiro atoms. The van der Waals surface area contributed by atoms with Crippen molar-refractivity contribution in [3.63, 3.8) is 0 Å². The molecule has 16 heavy (non-hydrogen) atoms. The molecule has 2 rings (SSSR count). The maximum atomic E-state index is 12.3. The summed E-state index contributed by atoms with van der Waals surface area (Å²) in [5.74, 6) is 0.298. The van der Waals surface area contributed by atoms with Crippen LogP contribution in [-0.2, 0) is 4.79 Å². The molecule has 0 aromatic carbocycles. The largest absolute Gasteiger partial charge is 0.339 e. The van der Waals surface area contributed by atoms with Gasteiger partial charge in [-0.3, -0.25) is 9.69 Å². The van der Waals surface area contributed by atoms with Gasteiger partial charge in [-0.25, -0.2) is 0 Å². The molecule has 0 radical (unpaired) electrons. The van der Waals surface area contributed by atoms with Gasteiger partial charge in [0.2, 0.25) is 5.91 Å². The van der Waals surface area contributed by atoms with Crippen molar-refractivity contribution in [2.75, 3.05) is 46.8 Å². The number of nitrogens with zero attached hydrogens (tertiary/aromatic N) is 3. The topological polar surface area (TPSA) is 26.8 Å². The smallest absolute Gasteiger partial charge is 0.240 e. The van der Waals surface area contributed by atoms with Crippen LogP contribution in [0.15, 0.2) is 0 Å². The number of carbonyl (C=O) groups excluding carboxylic acids is 1. The van der Waals surface area contributed by atoms with E-state index in [-0.39, 0.29) is 6.04 Å². The van der Waals surface area contributed by atoms with Crippen molar-refractivity contribution in [1.29, 1.82) is 0 Å². The minimum atomic E-state index is 0.0610. The normalized spacial score (nSPS) is 33.3. The molecular formula is C11H21N3OS. The zero-order chi connectivity index (χ0) is 11.7. The van der Waals surface area contributed by atoms with E-state index in [0.29, 0.717) is 11.2 Å². The quantitative estimate of drug-likeness (QED) is 0.644. The molecule has 2 atom stereocenters. The lowest BCUT2D eigenvalue weighted by molar-refractivity contribution is -0.137. The van der Waals surface area contributed by atoms with Crippen LogP contribution in [0.2, 0.25) is 0 Å². The number of hydrogen-bond donors (Lipinski definition) is 1. The third kappa shape index (κ3) is 2.52. The van der Waals surface area contributed by atoms with Crippen LogP contribution >= 0.6 is 12.6 Å². The van der Waals surface area contributed by atoms with Gasteiger partial charge in [0.15, 0.2) is 0 Å². The van der Waals surface area contributed by atoms with Crippen LogP contribution in [0.5, 0.6) is 0 Å². The van der Waals surface area contributed by atoms with Crippen LogP contribution in [0, 0.1) is 0 Å². The molecule has 2 heterocycles. The van der Waals surface area contributed by atoms with E-state index in [9.17, 15) is 4.79 Å². The number of likely N-dealkylation sites (tertiary alicyclic amines) is 1. The van der Waals surface area contributed by atoms with Crippen molar-refractivity contribution in [3.8, 4) is 0 Å². The van der Waals surface area contributed by atoms with E-state index in [0.717, 1.165) is 39.1 Å². The Morgan fingerprint density at radius 2 is 1.81 bits per heavy atom. The Hall–Kier alpha value is -0.260. The zero-order valence-corrected chi connectivity index (χ0v) is 11.0. The molecule has 0 unspecified atom stereocenters. The lowest BCUT2D eigenvalue weighted by atomic mass is 10.1. The highest BCUT2D eigenvalue weighted by molar-refractivity contribution is 7.81. The summed E-state index contributed by atoms with van der Waals surface area (Å²) in [7, 11) is 4.13. The van der Waals surface area contributed by atoms with Crippen molar-refractivity contribution >= 4 is 18.5 Å². The van der Waals surface area contributed by atoms with Crippen molar-refractivity contribution in [2.45, 2.75) is 17.7 Å². The highest BCUT2D eigenvalue weighted by Crippen LogP contribution is 2.22. The maximum Gasteiger partial charge on any atom is 0.240 e. The summed E-state index contributed by atoms with van der Waals surface area (Å²) in [6, 6.07) is 0.0610. The molecule has 2 aliphatic heterocycles. The second-order valence-corrected chi connectivity index (χ2v) is 5.70. The molecule has 2 aliphatic rings. The highest BCUT2D eigenvalue weighted by atomic mass is 32.1. The van der Waals surface area contributed by atoms with E-state index >= 15 is 0 Å². The molecular weight excluding hydrogens is 222 g/mol. The van der Waals surface area contributed by atoms with Crippen molar-refractivity contribution in [1.82, 2.24) is 14.7 Å². The van der Waals surface area contributed by atoms with Gasteiger partial charge in [0, 0.05) is 38.0 Å². The average molecular weight is 243 g/mol. The minimum Gasteiger partial charge on any atom is -0.339 e. The fourth-order valence-corrected chi connectivity index (χ4v) is 2.96. The minimum absolute atomic E-state index is 0.0610. The van der Waals surface area contributed by atoms with Gasteiger partial charge in [-0.1, -0.05) is 0 Å². The van der Waals surface area contributed by atoms with Crippen molar-refractivity contribution in [2.24, 2.45) is 0 Å². The molecule has 2 saturated heterocycles. The molecule has 4 nitrogen and oxygen atoms in total. The molecule has 0 N–H and O–H groups in total. The molecule has 0 saturated carbocycles. The molecule has 0 aromatic heterocycles. The Bertz CT molecular complexity index is 266. The van der Waals surface area contributed by atoms with Gasteiger partial charge in [-0.15, -0.1) is 0 Å². The van der Waals surface area contributed by atoms with Crippen LogP contribution in [0.3, 0.4) is 0 Å². The van der Waals surface area contributed by atoms with Gasteiger partial charge in [0.25, 0.3) is 0 Å². The summed E-state index contributed by atoms with van der Waals surface area (Å²) in [6.45, 7) is 4.65. The van der Waals surface area contributed by atoms with E-state index in [1.807, 2.05) is 11.9 Å². The van der Waals surface area contributed by atoms with Gasteiger partial charge >= 0.3 is 0 Å². The number of rotatable bonds is 1. The first-order chi connectivity index (χ1) is 7.58. The van der Waals surface area contributed by atoms with E-state index < -0.39 is 0 Å². The van der Waals surface area contributed by atoms with Gasteiger partial charge in [0.1, 0.15) is 0 Å². The predicted octanol–water partition coefficient (Wildman–Crippen LogP) is -0.237. The summed E-state index contributed by atoms with van der Waals surface area (Å²) >= 11 is 4.46. The number of carbonyl (C=O) groups is 1. The van der Waals surface area contributed by atoms with E-state index in [2.05, 4.69) is 29.5 Å². The average Bonchev–Trinajstić information content (AvgIpc) is 2.58. The number of thiol groups is 1. The number of piperazine rings is 1. The third-order valence-corrected chi connectivity index (χ3v) is 4.00. The summed E-state index contributed by atoms with van der Waals surface area (Å²) in [6.07, 6.45) is 0.894. The number of amides is 1. The maximum absolute atomic E-state index is 12.3. The summed E-state index contributed by atoms with van der Waals surface area (Å²) < 4.78 is 0. The van der Waals surface area contributed by atoms with E-state index in [4.69, 9.17) is 0 Å². The molecule has 5 heteroatoms. The Morgan fingerprint density at radius 1 is 1.19 bits per heavy atom. The summed E-state index contributed by atoms with van der Waals surface area (Å²) in [5.41, 5.74) is 0. The Balaban J connectivity index is 1.92. The van der Waals surface area contributed by atoms with Gasteiger partial charge < -0.3 is 9.80 Å². The molecule has 0 aromatic rings. The first-order valence-corrected chi connectivity index (χ1v) is 6.45. The molecule has 1 amide bonds. The first-order valence-electron chi connectivity index (χ1n) is 5.93. The Kier molecular flexibility index (Phi) is 3.77. The molecule has 2 fully saturated rings. The van der Waals surface area contributed by atoms with Crippen LogP contribution in [0.25, 0.3) is 0 Å². The predicted molar refractivity (Wildman–Crippen MR) is 67.9 cm³/mol. The Morgan fingerprint density at radius 3 is 2.31 bits per heavy atom. The SMILES string of the molecule is CN1CCN(C(=O)[C@@H]2C[C@H](S)CN2C)CC1. The van der Waals surface area contributed by atoms with Crippen molar-refractivity contribution in [3.05, 3.63) is 0 Å². The highest BCUT2D eigenvalue weighted by Gasteiger charge is 2.35. The molecule has 0 aliphatic carbocycles. The lowest BCUT2D eigenvalue weighted by Crippen LogP contribution is -2.52. The summed E-state index contributed by atoms with van der Waals surface area (Å²) in [5, 5.41) is 0.353. The van der Waals surface area contributed by atoms with Crippen LogP contribution in [0.4, 0.5) is 0 Å². The van der Waals surface area contributed by atoms with E-state index in [1.54, 1.807) is 0 Å². The second-order valence-electron chi connectivity index (χ2n) is 4.97. The summed E-state index contributed by atoms with van der Waals surface area (Å²) in [4.78, 5) is 18.7. The zero-order valence-electron chi connectivity index (χ0n) is 10.1.